The van der Waals surface area contributed by atoms with E-state index >= 15 is 0 Å². The Balaban J connectivity index is 2.53. The zero-order valence-electron chi connectivity index (χ0n) is 8.08. The van der Waals surface area contributed by atoms with E-state index in [0.29, 0.717) is 0 Å². The number of fused-ring (bicyclic) bond motifs is 1. The lowest BCUT2D eigenvalue weighted by Gasteiger charge is -2.26. The van der Waals surface area contributed by atoms with Crippen LogP contribution in [0.4, 0.5) is 0 Å². The summed E-state index contributed by atoms with van der Waals surface area (Å²) in [6.07, 6.45) is 0.985. The van der Waals surface area contributed by atoms with Crippen LogP contribution >= 0.6 is 0 Å². The van der Waals surface area contributed by atoms with Gasteiger partial charge in [-0.15, -0.1) is 0 Å². The number of hydrogen-bond acceptors (Lipinski definition) is 2. The first-order chi connectivity index (χ1) is 6.18. The lowest BCUT2D eigenvalue weighted by Crippen LogP contribution is -2.32. The Morgan fingerprint density at radius 3 is 2.85 bits per heavy atom. The average Bonchev–Trinajstić information content (AvgIpc) is 2.12. The van der Waals surface area contributed by atoms with Crippen molar-refractivity contribution in [1.82, 2.24) is 9.47 Å². The highest BCUT2D eigenvalue weighted by Crippen LogP contribution is 2.14. The number of likely N-dealkylation sites (N-methyl/N-ethyl adjacent to an activating group) is 1. The van der Waals surface area contributed by atoms with Gasteiger partial charge in [0.05, 0.1) is 0 Å². The van der Waals surface area contributed by atoms with E-state index in [1.807, 2.05) is 13.1 Å². The van der Waals surface area contributed by atoms with Gasteiger partial charge in [0, 0.05) is 38.3 Å². The number of hydrogen-bond donors (Lipinski definition) is 0. The molecule has 0 amide bonds. The highest BCUT2D eigenvalue weighted by atomic mass is 16.1. The van der Waals surface area contributed by atoms with Crippen LogP contribution in [0, 0.1) is 0 Å². The van der Waals surface area contributed by atoms with Crippen LogP contribution in [-0.4, -0.2) is 23.1 Å². The third-order valence-corrected chi connectivity index (χ3v) is 2.70. The highest BCUT2D eigenvalue weighted by molar-refractivity contribution is 5.23. The summed E-state index contributed by atoms with van der Waals surface area (Å²) in [4.78, 5) is 13.6. The Morgan fingerprint density at radius 2 is 2.08 bits per heavy atom. The van der Waals surface area contributed by atoms with Crippen LogP contribution in [0.25, 0.3) is 0 Å². The Hall–Kier alpha value is -1.09. The summed E-state index contributed by atoms with van der Waals surface area (Å²) in [6.45, 7) is 2.01. The predicted octanol–water partition coefficient (Wildman–Crippen LogP) is 0.373. The van der Waals surface area contributed by atoms with Crippen LogP contribution in [0.1, 0.15) is 11.3 Å². The van der Waals surface area contributed by atoms with E-state index in [9.17, 15) is 4.79 Å². The molecular weight excluding hydrogens is 164 g/mol. The van der Waals surface area contributed by atoms with Crippen molar-refractivity contribution in [3.63, 3.8) is 0 Å². The van der Waals surface area contributed by atoms with E-state index in [1.54, 1.807) is 10.6 Å². The van der Waals surface area contributed by atoms with E-state index in [2.05, 4.69) is 11.9 Å². The molecule has 2 heterocycles. The van der Waals surface area contributed by atoms with Gasteiger partial charge in [-0.05, 0) is 12.6 Å². The van der Waals surface area contributed by atoms with Crippen molar-refractivity contribution in [3.8, 4) is 0 Å². The summed E-state index contributed by atoms with van der Waals surface area (Å²) in [6, 6.07) is 3.60. The van der Waals surface area contributed by atoms with Crippen LogP contribution in [-0.2, 0) is 20.0 Å². The summed E-state index contributed by atoms with van der Waals surface area (Å²) in [5.41, 5.74) is 2.59. The largest absolute Gasteiger partial charge is 0.315 e. The number of aromatic nitrogens is 1. The van der Waals surface area contributed by atoms with Gasteiger partial charge in [-0.2, -0.15) is 0 Å². The molecule has 3 nitrogen and oxygen atoms in total. The quantitative estimate of drug-likeness (QED) is 0.573. The maximum Gasteiger partial charge on any atom is 0.250 e. The maximum absolute atomic E-state index is 11.3. The van der Waals surface area contributed by atoms with Crippen molar-refractivity contribution in [2.75, 3.05) is 13.6 Å². The van der Waals surface area contributed by atoms with Gasteiger partial charge in [0.25, 0.3) is 0 Å². The van der Waals surface area contributed by atoms with E-state index in [0.717, 1.165) is 19.5 Å². The fourth-order valence-electron chi connectivity index (χ4n) is 1.87. The Labute approximate surface area is 77.6 Å². The van der Waals surface area contributed by atoms with Crippen LogP contribution in [0.2, 0.25) is 0 Å². The molecule has 0 saturated heterocycles. The second-order valence-corrected chi connectivity index (χ2v) is 3.69. The molecule has 0 atom stereocenters. The molecule has 1 aromatic heterocycles. The SMILES string of the molecule is CN1CCc2c(ccc(=O)n2C)C1. The van der Waals surface area contributed by atoms with E-state index in [4.69, 9.17) is 0 Å². The third-order valence-electron chi connectivity index (χ3n) is 2.70. The number of nitrogens with zero attached hydrogens (tertiary/aromatic N) is 2. The van der Waals surface area contributed by atoms with Gasteiger partial charge in [0.2, 0.25) is 5.56 Å². The van der Waals surface area contributed by atoms with Gasteiger partial charge in [0.15, 0.2) is 0 Å². The molecule has 0 aromatic carbocycles. The van der Waals surface area contributed by atoms with Crippen molar-refractivity contribution >= 4 is 0 Å². The van der Waals surface area contributed by atoms with Crippen molar-refractivity contribution in [2.24, 2.45) is 7.05 Å². The molecule has 0 spiro atoms. The molecular formula is C10H14N2O. The molecule has 0 N–H and O–H groups in total. The Morgan fingerprint density at radius 1 is 1.31 bits per heavy atom. The fourth-order valence-corrected chi connectivity index (χ4v) is 1.87. The monoisotopic (exact) mass is 178 g/mol. The molecule has 0 fully saturated rings. The first-order valence-corrected chi connectivity index (χ1v) is 4.55. The second-order valence-electron chi connectivity index (χ2n) is 3.69. The summed E-state index contributed by atoms with van der Waals surface area (Å²) < 4.78 is 1.77. The minimum Gasteiger partial charge on any atom is -0.315 e. The lowest BCUT2D eigenvalue weighted by molar-refractivity contribution is 0.306. The molecule has 0 saturated carbocycles. The maximum atomic E-state index is 11.3. The van der Waals surface area contributed by atoms with Crippen LogP contribution in [0.15, 0.2) is 16.9 Å². The molecule has 0 unspecified atom stereocenters. The normalized spacial score (nSPS) is 17.1. The molecule has 1 aromatic rings. The number of pyridine rings is 1. The van der Waals surface area contributed by atoms with Crippen molar-refractivity contribution < 1.29 is 0 Å². The highest BCUT2D eigenvalue weighted by Gasteiger charge is 2.14. The summed E-state index contributed by atoms with van der Waals surface area (Å²) in [7, 11) is 3.96. The zero-order valence-corrected chi connectivity index (χ0v) is 8.08. The van der Waals surface area contributed by atoms with Crippen molar-refractivity contribution in [2.45, 2.75) is 13.0 Å². The van der Waals surface area contributed by atoms with Crippen molar-refractivity contribution in [1.29, 1.82) is 0 Å². The minimum absolute atomic E-state index is 0.100. The second kappa shape index (κ2) is 3.00. The third kappa shape index (κ3) is 1.40. The molecule has 3 heteroatoms. The topological polar surface area (TPSA) is 25.2 Å². The first kappa shape index (κ1) is 8.51. The lowest BCUT2D eigenvalue weighted by atomic mass is 10.1. The molecule has 0 aliphatic carbocycles. The van der Waals surface area contributed by atoms with Gasteiger partial charge < -0.3 is 9.47 Å². The van der Waals surface area contributed by atoms with E-state index in [-0.39, 0.29) is 5.56 Å². The smallest absolute Gasteiger partial charge is 0.250 e. The van der Waals surface area contributed by atoms with E-state index < -0.39 is 0 Å². The van der Waals surface area contributed by atoms with Crippen LogP contribution in [0.5, 0.6) is 0 Å². The molecule has 0 radical (unpaired) electrons. The van der Waals surface area contributed by atoms with Gasteiger partial charge in [-0.3, -0.25) is 4.79 Å². The summed E-state index contributed by atoms with van der Waals surface area (Å²) in [5.74, 6) is 0. The predicted molar refractivity (Wildman–Crippen MR) is 51.7 cm³/mol. The minimum atomic E-state index is 0.100. The first-order valence-electron chi connectivity index (χ1n) is 4.55. The molecule has 1 aliphatic rings. The Bertz CT molecular complexity index is 381. The number of rotatable bonds is 0. The fraction of sp³-hybridized carbons (Fsp3) is 0.500. The summed E-state index contributed by atoms with van der Waals surface area (Å²) in [5, 5.41) is 0. The average molecular weight is 178 g/mol. The standard InChI is InChI=1S/C10H14N2O/c1-11-6-5-9-8(7-11)3-4-10(13)12(9)2/h3-4H,5-7H2,1-2H3. The molecule has 70 valence electrons. The molecule has 13 heavy (non-hydrogen) atoms. The van der Waals surface area contributed by atoms with Gasteiger partial charge >= 0.3 is 0 Å². The molecule has 1 aliphatic heterocycles. The van der Waals surface area contributed by atoms with E-state index in [1.165, 1.54) is 11.3 Å². The zero-order chi connectivity index (χ0) is 9.42. The van der Waals surface area contributed by atoms with Crippen LogP contribution in [0.3, 0.4) is 0 Å². The van der Waals surface area contributed by atoms with Gasteiger partial charge in [0.1, 0.15) is 0 Å². The molecule has 2 rings (SSSR count). The van der Waals surface area contributed by atoms with Gasteiger partial charge in [-0.25, -0.2) is 0 Å². The van der Waals surface area contributed by atoms with Gasteiger partial charge in [-0.1, -0.05) is 6.07 Å². The van der Waals surface area contributed by atoms with Crippen LogP contribution < -0.4 is 5.56 Å². The Kier molecular flexibility index (Phi) is 1.96. The summed E-state index contributed by atoms with van der Waals surface area (Å²) >= 11 is 0. The van der Waals surface area contributed by atoms with Crippen molar-refractivity contribution in [3.05, 3.63) is 33.7 Å². The molecule has 0 bridgehead atoms.